The van der Waals surface area contributed by atoms with Crippen molar-refractivity contribution in [3.05, 3.63) is 36.9 Å². The van der Waals surface area contributed by atoms with Gasteiger partial charge < -0.3 is 9.64 Å². The Balaban J connectivity index is 1.84. The van der Waals surface area contributed by atoms with Gasteiger partial charge in [0.1, 0.15) is 25.4 Å². The summed E-state index contributed by atoms with van der Waals surface area (Å²) < 4.78 is 34.7. The topological polar surface area (TPSA) is 58.6 Å². The van der Waals surface area contributed by atoms with E-state index in [0.717, 1.165) is 36.4 Å². The Morgan fingerprint density at radius 2 is 2.08 bits per heavy atom. The smallest absolute Gasteiger partial charge is 0.265 e. The van der Waals surface area contributed by atoms with E-state index in [9.17, 15) is 8.42 Å². The average molecular weight is 500 g/mol. The van der Waals surface area contributed by atoms with Crippen molar-refractivity contribution in [2.75, 3.05) is 24.9 Å². The number of hydrogen-bond donors (Lipinski definition) is 1. The average Bonchev–Trinajstić information content (AvgIpc) is 3.05. The van der Waals surface area contributed by atoms with Crippen LogP contribution in [0.4, 0.5) is 5.69 Å². The van der Waals surface area contributed by atoms with E-state index >= 15 is 0 Å². The van der Waals surface area contributed by atoms with Gasteiger partial charge in [-0.3, -0.25) is 4.72 Å². The predicted octanol–water partition coefficient (Wildman–Crippen LogP) is 5.01. The lowest BCUT2D eigenvalue weighted by molar-refractivity contribution is 0.207. The maximum absolute atomic E-state index is 12.7. The number of hydrogen-bond acceptors (Lipinski definition) is 5. The highest BCUT2D eigenvalue weighted by atomic mass is 79.9. The number of ether oxygens (including phenoxy) is 1. The van der Waals surface area contributed by atoms with Crippen LogP contribution in [-0.2, 0) is 10.0 Å². The molecule has 1 unspecified atom stereocenters. The SMILES string of the molecule is Cc1ccc(NS(=O)(=O)c2c(Cl)sc(Cl)c2Br)cc1OC1CCN(C)C1. The molecule has 0 aliphatic carbocycles. The zero-order valence-corrected chi connectivity index (χ0v) is 18.8. The van der Waals surface area contributed by atoms with Gasteiger partial charge in [0.25, 0.3) is 10.0 Å². The van der Waals surface area contributed by atoms with Crippen LogP contribution < -0.4 is 9.46 Å². The van der Waals surface area contributed by atoms with Crippen LogP contribution >= 0.6 is 50.5 Å². The largest absolute Gasteiger partial charge is 0.489 e. The van der Waals surface area contributed by atoms with Crippen LogP contribution in [0.2, 0.25) is 8.67 Å². The normalized spacial score (nSPS) is 18.3. The van der Waals surface area contributed by atoms with Crippen molar-refractivity contribution in [1.29, 1.82) is 0 Å². The monoisotopic (exact) mass is 498 g/mol. The van der Waals surface area contributed by atoms with Crippen LogP contribution in [0.1, 0.15) is 12.0 Å². The molecule has 142 valence electrons. The summed E-state index contributed by atoms with van der Waals surface area (Å²) in [6.45, 7) is 3.77. The Bertz CT molecular complexity index is 934. The zero-order chi connectivity index (χ0) is 19.1. The molecule has 2 aromatic rings. The predicted molar refractivity (Wildman–Crippen MR) is 111 cm³/mol. The van der Waals surface area contributed by atoms with Gasteiger partial charge in [-0.25, -0.2) is 8.42 Å². The molecule has 10 heteroatoms. The van der Waals surface area contributed by atoms with E-state index in [-0.39, 0.29) is 24.1 Å². The van der Waals surface area contributed by atoms with Crippen molar-refractivity contribution in [1.82, 2.24) is 4.90 Å². The second-order valence-corrected chi connectivity index (χ2v) is 10.8. The molecule has 26 heavy (non-hydrogen) atoms. The fourth-order valence-electron chi connectivity index (χ4n) is 2.74. The van der Waals surface area contributed by atoms with Gasteiger partial charge in [-0.2, -0.15) is 0 Å². The third-order valence-corrected chi connectivity index (χ3v) is 8.93. The molecule has 1 N–H and O–H groups in total. The molecule has 0 radical (unpaired) electrons. The third kappa shape index (κ3) is 4.31. The van der Waals surface area contributed by atoms with Crippen molar-refractivity contribution in [2.24, 2.45) is 0 Å². The summed E-state index contributed by atoms with van der Waals surface area (Å²) in [4.78, 5) is 2.14. The Morgan fingerprint density at radius 3 is 2.65 bits per heavy atom. The maximum atomic E-state index is 12.7. The number of rotatable bonds is 5. The van der Waals surface area contributed by atoms with Gasteiger partial charge >= 0.3 is 0 Å². The summed E-state index contributed by atoms with van der Waals surface area (Å²) >= 11 is 16.2. The van der Waals surface area contributed by atoms with E-state index in [2.05, 4.69) is 25.6 Å². The number of halogens is 3. The minimum Gasteiger partial charge on any atom is -0.489 e. The Morgan fingerprint density at radius 1 is 1.35 bits per heavy atom. The number of nitrogens with zero attached hydrogens (tertiary/aromatic N) is 1. The lowest BCUT2D eigenvalue weighted by Crippen LogP contribution is -2.21. The minimum absolute atomic E-state index is 0.0605. The second kappa shape index (κ2) is 7.85. The number of nitrogens with one attached hydrogen (secondary N) is 1. The van der Waals surface area contributed by atoms with Crippen LogP contribution in [0.3, 0.4) is 0 Å². The van der Waals surface area contributed by atoms with Crippen molar-refractivity contribution in [3.63, 3.8) is 0 Å². The van der Waals surface area contributed by atoms with E-state index in [4.69, 9.17) is 27.9 Å². The van der Waals surface area contributed by atoms with E-state index in [1.807, 2.05) is 20.0 Å². The lowest BCUT2D eigenvalue weighted by Gasteiger charge is -2.17. The number of anilines is 1. The number of aryl methyl sites for hydroxylation is 1. The van der Waals surface area contributed by atoms with Gasteiger partial charge in [0.05, 0.1) is 10.2 Å². The van der Waals surface area contributed by atoms with Crippen LogP contribution in [0.25, 0.3) is 0 Å². The number of sulfonamides is 1. The number of thiophene rings is 1. The molecule has 3 rings (SSSR count). The van der Waals surface area contributed by atoms with Gasteiger partial charge in [0, 0.05) is 19.2 Å². The highest BCUT2D eigenvalue weighted by molar-refractivity contribution is 9.10. The van der Waals surface area contributed by atoms with Gasteiger partial charge in [0.15, 0.2) is 0 Å². The van der Waals surface area contributed by atoms with Crippen LogP contribution in [0.15, 0.2) is 27.6 Å². The van der Waals surface area contributed by atoms with E-state index in [1.165, 1.54) is 0 Å². The van der Waals surface area contributed by atoms with Gasteiger partial charge in [-0.05, 0) is 48.0 Å². The van der Waals surface area contributed by atoms with E-state index in [1.54, 1.807) is 12.1 Å². The molecule has 1 aliphatic heterocycles. The molecule has 0 amide bonds. The molecule has 0 saturated carbocycles. The Labute approximate surface area is 175 Å². The Kier molecular flexibility index (Phi) is 6.11. The molecule has 1 fully saturated rings. The minimum atomic E-state index is -3.89. The van der Waals surface area contributed by atoms with Gasteiger partial charge in [0.2, 0.25) is 0 Å². The summed E-state index contributed by atoms with van der Waals surface area (Å²) in [6.07, 6.45) is 1.05. The first kappa shape index (κ1) is 20.2. The molecule has 1 aliphatic rings. The summed E-state index contributed by atoms with van der Waals surface area (Å²) in [7, 11) is -1.84. The number of benzene rings is 1. The Hall–Kier alpha value is -0.510. The molecular weight excluding hydrogens is 483 g/mol. The van der Waals surface area contributed by atoms with E-state index < -0.39 is 10.0 Å². The first-order chi connectivity index (χ1) is 12.2. The molecule has 0 spiro atoms. The standard InChI is InChI=1S/C16H17BrCl2N2O3S2/c1-9-3-4-10(7-12(9)24-11-5-6-21(2)8-11)20-26(22,23)14-13(17)15(18)25-16(14)19/h3-4,7,11,20H,5-6,8H2,1-2H3. The van der Waals surface area contributed by atoms with Gasteiger partial charge in [-0.15, -0.1) is 11.3 Å². The lowest BCUT2D eigenvalue weighted by atomic mass is 10.2. The molecule has 0 bridgehead atoms. The summed E-state index contributed by atoms with van der Waals surface area (Å²) in [6, 6.07) is 5.21. The quantitative estimate of drug-likeness (QED) is 0.628. The summed E-state index contributed by atoms with van der Waals surface area (Å²) in [5.41, 5.74) is 1.35. The van der Waals surface area contributed by atoms with Crippen LogP contribution in [0, 0.1) is 6.92 Å². The highest BCUT2D eigenvalue weighted by Crippen LogP contribution is 2.43. The highest BCUT2D eigenvalue weighted by Gasteiger charge is 2.27. The van der Waals surface area contributed by atoms with Gasteiger partial charge in [-0.1, -0.05) is 29.3 Å². The van der Waals surface area contributed by atoms with Crippen molar-refractivity contribution in [3.8, 4) is 5.75 Å². The molecular formula is C16H17BrCl2N2O3S2. The second-order valence-electron chi connectivity index (χ2n) is 6.17. The zero-order valence-electron chi connectivity index (χ0n) is 14.1. The first-order valence-electron chi connectivity index (χ1n) is 7.79. The fraction of sp³-hybridized carbons (Fsp3) is 0.375. The van der Waals surface area contributed by atoms with Crippen LogP contribution in [0.5, 0.6) is 5.75 Å². The third-order valence-electron chi connectivity index (χ3n) is 4.08. The van der Waals surface area contributed by atoms with Crippen LogP contribution in [-0.4, -0.2) is 39.6 Å². The molecule has 1 atom stereocenters. The van der Waals surface area contributed by atoms with Crippen molar-refractivity contribution in [2.45, 2.75) is 24.3 Å². The molecule has 5 nitrogen and oxygen atoms in total. The molecule has 1 aromatic heterocycles. The maximum Gasteiger partial charge on any atom is 0.265 e. The van der Waals surface area contributed by atoms with E-state index in [0.29, 0.717) is 11.4 Å². The summed E-state index contributed by atoms with van der Waals surface area (Å²) in [5.74, 6) is 0.666. The molecule has 2 heterocycles. The van der Waals surface area contributed by atoms with Crippen molar-refractivity contribution >= 4 is 66.2 Å². The number of likely N-dealkylation sites (N-methyl/N-ethyl adjacent to an activating group) is 1. The van der Waals surface area contributed by atoms with Crippen molar-refractivity contribution < 1.29 is 13.2 Å². The number of likely N-dealkylation sites (tertiary alicyclic amines) is 1. The molecule has 1 saturated heterocycles. The fourth-order valence-corrected chi connectivity index (χ4v) is 7.34. The first-order valence-corrected chi connectivity index (χ1v) is 11.6. The molecule has 1 aromatic carbocycles. The summed E-state index contributed by atoms with van der Waals surface area (Å²) in [5, 5.41) is 0.